The van der Waals surface area contributed by atoms with Gasteiger partial charge in [-0.1, -0.05) is 30.3 Å². The molecule has 2 rings (SSSR count). The van der Waals surface area contributed by atoms with Crippen LogP contribution in [0, 0.1) is 0 Å². The Morgan fingerprint density at radius 2 is 1.91 bits per heavy atom. The van der Waals surface area contributed by atoms with Gasteiger partial charge in [0, 0.05) is 24.5 Å². The number of amides is 1. The van der Waals surface area contributed by atoms with Crippen LogP contribution < -0.4 is 5.32 Å². The average molecular weight is 300 g/mol. The minimum Gasteiger partial charge on any atom is -0.389 e. The standard InChI is InChI=1S/C17H20N2O3/c1-13(14-5-3-2-4-6-14)22-12-16(20)11-19-17(21)15-7-9-18-10-8-15/h2-10,13,16,20H,11-12H2,1H3,(H,19,21)/t13-,16+/m1/s1. The quantitative estimate of drug-likeness (QED) is 0.820. The van der Waals surface area contributed by atoms with Crippen molar-refractivity contribution in [3.05, 3.63) is 66.0 Å². The molecule has 0 aliphatic rings. The average Bonchev–Trinajstić information content (AvgIpc) is 2.59. The van der Waals surface area contributed by atoms with Crippen LogP contribution in [0.15, 0.2) is 54.9 Å². The lowest BCUT2D eigenvalue weighted by molar-refractivity contribution is -0.00171. The summed E-state index contributed by atoms with van der Waals surface area (Å²) in [6, 6.07) is 13.0. The molecule has 0 saturated carbocycles. The van der Waals surface area contributed by atoms with E-state index in [0.717, 1.165) is 5.56 Å². The second-order valence-electron chi connectivity index (χ2n) is 4.99. The van der Waals surface area contributed by atoms with Gasteiger partial charge in [-0.25, -0.2) is 0 Å². The molecular formula is C17H20N2O3. The van der Waals surface area contributed by atoms with Crippen molar-refractivity contribution in [3.8, 4) is 0 Å². The number of carbonyl (C=O) groups is 1. The monoisotopic (exact) mass is 300 g/mol. The van der Waals surface area contributed by atoms with Gasteiger partial charge in [0.2, 0.25) is 0 Å². The Morgan fingerprint density at radius 1 is 1.23 bits per heavy atom. The van der Waals surface area contributed by atoms with E-state index in [1.165, 1.54) is 0 Å². The first-order valence-corrected chi connectivity index (χ1v) is 7.19. The first-order valence-electron chi connectivity index (χ1n) is 7.19. The molecule has 0 unspecified atom stereocenters. The van der Waals surface area contributed by atoms with Gasteiger partial charge in [-0.2, -0.15) is 0 Å². The van der Waals surface area contributed by atoms with E-state index < -0.39 is 6.10 Å². The Labute approximate surface area is 130 Å². The summed E-state index contributed by atoms with van der Waals surface area (Å²) >= 11 is 0. The Hall–Kier alpha value is -2.24. The van der Waals surface area contributed by atoms with E-state index in [2.05, 4.69) is 10.3 Å². The van der Waals surface area contributed by atoms with Crippen LogP contribution in [-0.2, 0) is 4.74 Å². The third-order valence-corrected chi connectivity index (χ3v) is 3.25. The van der Waals surface area contributed by atoms with Crippen LogP contribution in [0.25, 0.3) is 0 Å². The van der Waals surface area contributed by atoms with E-state index in [1.54, 1.807) is 24.5 Å². The Balaban J connectivity index is 1.72. The summed E-state index contributed by atoms with van der Waals surface area (Å²) in [5, 5.41) is 12.6. The number of ether oxygens (including phenoxy) is 1. The molecular weight excluding hydrogens is 280 g/mol. The summed E-state index contributed by atoms with van der Waals surface area (Å²) in [6.07, 6.45) is 2.25. The second-order valence-corrected chi connectivity index (χ2v) is 4.99. The van der Waals surface area contributed by atoms with Gasteiger partial charge in [-0.15, -0.1) is 0 Å². The highest BCUT2D eigenvalue weighted by Gasteiger charge is 2.11. The molecule has 2 aromatic rings. The molecule has 0 saturated heterocycles. The predicted molar refractivity (Wildman–Crippen MR) is 83.4 cm³/mol. The number of aliphatic hydroxyl groups is 1. The summed E-state index contributed by atoms with van der Waals surface area (Å²) < 4.78 is 5.62. The van der Waals surface area contributed by atoms with Crippen molar-refractivity contribution in [2.75, 3.05) is 13.2 Å². The molecule has 5 nitrogen and oxygen atoms in total. The molecule has 22 heavy (non-hydrogen) atoms. The van der Waals surface area contributed by atoms with Gasteiger partial charge in [-0.3, -0.25) is 9.78 Å². The van der Waals surface area contributed by atoms with Crippen LogP contribution in [0.2, 0.25) is 0 Å². The van der Waals surface area contributed by atoms with Crippen LogP contribution in [-0.4, -0.2) is 35.3 Å². The molecule has 1 amide bonds. The van der Waals surface area contributed by atoms with Crippen molar-refractivity contribution in [1.29, 1.82) is 0 Å². The highest BCUT2D eigenvalue weighted by molar-refractivity contribution is 5.93. The maximum Gasteiger partial charge on any atom is 0.251 e. The molecule has 0 aliphatic heterocycles. The van der Waals surface area contributed by atoms with Gasteiger partial charge in [0.1, 0.15) is 0 Å². The number of hydrogen-bond donors (Lipinski definition) is 2. The minimum absolute atomic E-state index is 0.105. The highest BCUT2D eigenvalue weighted by atomic mass is 16.5. The Bertz CT molecular complexity index is 575. The van der Waals surface area contributed by atoms with Crippen molar-refractivity contribution in [2.24, 2.45) is 0 Å². The zero-order valence-corrected chi connectivity index (χ0v) is 12.5. The Kier molecular flexibility index (Phi) is 6.06. The Morgan fingerprint density at radius 3 is 2.59 bits per heavy atom. The number of nitrogens with one attached hydrogen (secondary N) is 1. The fourth-order valence-corrected chi connectivity index (χ4v) is 1.95. The van der Waals surface area contributed by atoms with E-state index in [1.807, 2.05) is 37.3 Å². The zero-order valence-electron chi connectivity index (χ0n) is 12.5. The SMILES string of the molecule is C[C@@H](OC[C@@H](O)CNC(=O)c1ccncc1)c1ccccc1. The molecule has 1 aromatic heterocycles. The van der Waals surface area contributed by atoms with Gasteiger partial charge >= 0.3 is 0 Å². The number of aromatic nitrogens is 1. The van der Waals surface area contributed by atoms with E-state index in [9.17, 15) is 9.90 Å². The molecule has 0 aliphatic carbocycles. The van der Waals surface area contributed by atoms with Crippen molar-refractivity contribution in [3.63, 3.8) is 0 Å². The lowest BCUT2D eigenvalue weighted by atomic mass is 10.1. The van der Waals surface area contributed by atoms with Crippen LogP contribution in [0.3, 0.4) is 0 Å². The first-order chi connectivity index (χ1) is 10.7. The van der Waals surface area contributed by atoms with Crippen LogP contribution in [0.5, 0.6) is 0 Å². The summed E-state index contributed by atoms with van der Waals surface area (Å²) in [7, 11) is 0. The minimum atomic E-state index is -0.753. The molecule has 5 heteroatoms. The van der Waals surface area contributed by atoms with Crippen LogP contribution in [0.4, 0.5) is 0 Å². The second kappa shape index (κ2) is 8.26. The number of hydrogen-bond acceptors (Lipinski definition) is 4. The number of carbonyl (C=O) groups excluding carboxylic acids is 1. The molecule has 2 N–H and O–H groups in total. The molecule has 0 fully saturated rings. The topological polar surface area (TPSA) is 71.5 Å². The van der Waals surface area contributed by atoms with Crippen molar-refractivity contribution >= 4 is 5.91 Å². The third-order valence-electron chi connectivity index (χ3n) is 3.25. The molecule has 1 heterocycles. The van der Waals surface area contributed by atoms with E-state index in [4.69, 9.17) is 4.74 Å². The smallest absolute Gasteiger partial charge is 0.251 e. The molecule has 116 valence electrons. The summed E-state index contributed by atoms with van der Waals surface area (Å²) in [4.78, 5) is 15.7. The van der Waals surface area contributed by atoms with Crippen molar-refractivity contribution < 1.29 is 14.6 Å². The number of nitrogens with zero attached hydrogens (tertiary/aromatic N) is 1. The summed E-state index contributed by atoms with van der Waals surface area (Å²) in [6.45, 7) is 2.23. The van der Waals surface area contributed by atoms with Crippen molar-refractivity contribution in [2.45, 2.75) is 19.1 Å². The number of benzene rings is 1. The molecule has 1 aromatic carbocycles. The van der Waals surface area contributed by atoms with Crippen LogP contribution >= 0.6 is 0 Å². The number of pyridine rings is 1. The number of rotatable bonds is 7. The van der Waals surface area contributed by atoms with E-state index in [-0.39, 0.29) is 25.2 Å². The fourth-order valence-electron chi connectivity index (χ4n) is 1.95. The third kappa shape index (κ3) is 4.95. The van der Waals surface area contributed by atoms with Gasteiger partial charge in [-0.05, 0) is 24.6 Å². The van der Waals surface area contributed by atoms with Gasteiger partial charge in [0.25, 0.3) is 5.91 Å². The van der Waals surface area contributed by atoms with Gasteiger partial charge < -0.3 is 15.2 Å². The lowest BCUT2D eigenvalue weighted by Crippen LogP contribution is -2.34. The van der Waals surface area contributed by atoms with E-state index >= 15 is 0 Å². The van der Waals surface area contributed by atoms with E-state index in [0.29, 0.717) is 5.56 Å². The lowest BCUT2D eigenvalue weighted by Gasteiger charge is -2.17. The van der Waals surface area contributed by atoms with Crippen molar-refractivity contribution in [1.82, 2.24) is 10.3 Å². The molecule has 0 bridgehead atoms. The molecule has 0 spiro atoms. The van der Waals surface area contributed by atoms with Gasteiger partial charge in [0.05, 0.1) is 18.8 Å². The normalized spacial score (nSPS) is 13.4. The predicted octanol–water partition coefficient (Wildman–Crippen LogP) is 1.95. The van der Waals surface area contributed by atoms with Crippen LogP contribution in [0.1, 0.15) is 28.9 Å². The maximum atomic E-state index is 11.8. The largest absolute Gasteiger partial charge is 0.389 e. The first kappa shape index (κ1) is 16.1. The molecule has 0 radical (unpaired) electrons. The number of aliphatic hydroxyl groups excluding tert-OH is 1. The highest BCUT2D eigenvalue weighted by Crippen LogP contribution is 2.15. The van der Waals surface area contributed by atoms with Gasteiger partial charge in [0.15, 0.2) is 0 Å². The molecule has 2 atom stereocenters. The summed E-state index contributed by atoms with van der Waals surface area (Å²) in [5.41, 5.74) is 1.57. The summed E-state index contributed by atoms with van der Waals surface area (Å²) in [5.74, 6) is -0.238. The zero-order chi connectivity index (χ0) is 15.8. The fraction of sp³-hybridized carbons (Fsp3) is 0.294. The maximum absolute atomic E-state index is 11.8.